The second-order valence-corrected chi connectivity index (χ2v) is 9.26. The normalized spacial score (nSPS) is 29.2. The Morgan fingerprint density at radius 2 is 1.93 bits per heavy atom. The van der Waals surface area contributed by atoms with Crippen LogP contribution in [0.15, 0.2) is 24.3 Å². The molecule has 1 saturated carbocycles. The zero-order valence-electron chi connectivity index (χ0n) is 17.8. The lowest BCUT2D eigenvalue weighted by Gasteiger charge is -2.47. The average Bonchev–Trinajstić information content (AvgIpc) is 3.00. The van der Waals surface area contributed by atoms with Crippen LogP contribution in [0.2, 0.25) is 0 Å². The van der Waals surface area contributed by atoms with Crippen LogP contribution in [-0.4, -0.2) is 52.6 Å². The molecule has 0 unspecified atom stereocenters. The fourth-order valence-corrected chi connectivity index (χ4v) is 5.02. The van der Waals surface area contributed by atoms with Crippen molar-refractivity contribution in [1.82, 2.24) is 10.2 Å². The predicted molar refractivity (Wildman–Crippen MR) is 113 cm³/mol. The Hall–Kier alpha value is -2.41. The molecule has 1 aromatic carbocycles. The summed E-state index contributed by atoms with van der Waals surface area (Å²) < 4.78 is 0. The summed E-state index contributed by atoms with van der Waals surface area (Å²) in [6, 6.07) is 6.03. The molecule has 3 atom stereocenters. The third kappa shape index (κ3) is 3.83. The minimum Gasteiger partial charge on any atom is -0.389 e. The Bertz CT molecular complexity index is 837. The third-order valence-electron chi connectivity index (χ3n) is 7.00. The number of hydrogen-bond donors (Lipinski definition) is 2. The number of carbonyl (C=O) groups excluding carboxylic acids is 3. The number of likely N-dealkylation sites (tertiary alicyclic amines) is 1. The Balaban J connectivity index is 1.40. The van der Waals surface area contributed by atoms with Crippen molar-refractivity contribution in [3.05, 3.63) is 29.8 Å². The number of imide groups is 1. The number of fused-ring (bicyclic) bond motifs is 1. The Labute approximate surface area is 177 Å². The highest BCUT2D eigenvalue weighted by molar-refractivity contribution is 6.22. The van der Waals surface area contributed by atoms with Gasteiger partial charge in [-0.15, -0.1) is 0 Å². The van der Waals surface area contributed by atoms with Crippen molar-refractivity contribution in [2.24, 2.45) is 5.92 Å². The highest BCUT2D eigenvalue weighted by Crippen LogP contribution is 2.40. The maximum Gasteiger partial charge on any atom is 0.329 e. The molecule has 30 heavy (non-hydrogen) atoms. The van der Waals surface area contributed by atoms with E-state index in [9.17, 15) is 19.5 Å². The molecule has 0 spiro atoms. The summed E-state index contributed by atoms with van der Waals surface area (Å²) in [5, 5.41) is 13.5. The number of carbonyl (C=O) groups is 3. The average molecular weight is 414 g/mol. The first-order valence-corrected chi connectivity index (χ1v) is 11.0. The molecule has 7 nitrogen and oxygen atoms in total. The maximum atomic E-state index is 12.9. The molecule has 3 aliphatic rings. The molecule has 4 rings (SSSR count). The van der Waals surface area contributed by atoms with Crippen LogP contribution in [0.3, 0.4) is 0 Å². The van der Waals surface area contributed by atoms with Gasteiger partial charge in [0, 0.05) is 19.0 Å². The van der Waals surface area contributed by atoms with Crippen molar-refractivity contribution in [3.8, 4) is 0 Å². The molecule has 4 amide bonds. The smallest absolute Gasteiger partial charge is 0.329 e. The fourth-order valence-electron chi connectivity index (χ4n) is 5.02. The molecular formula is C23H31N3O4. The van der Waals surface area contributed by atoms with Crippen LogP contribution >= 0.6 is 0 Å². The van der Waals surface area contributed by atoms with Gasteiger partial charge in [0.25, 0.3) is 5.91 Å². The van der Waals surface area contributed by atoms with E-state index in [0.29, 0.717) is 31.1 Å². The molecule has 2 aliphatic heterocycles. The van der Waals surface area contributed by atoms with Crippen molar-refractivity contribution in [3.63, 3.8) is 0 Å². The zero-order valence-corrected chi connectivity index (χ0v) is 17.8. The molecule has 0 bridgehead atoms. The predicted octanol–water partition coefficient (Wildman–Crippen LogP) is 2.78. The zero-order chi connectivity index (χ0) is 21.5. The summed E-state index contributed by atoms with van der Waals surface area (Å²) in [7, 11) is 0. The van der Waals surface area contributed by atoms with Gasteiger partial charge in [-0.3, -0.25) is 9.59 Å². The maximum absolute atomic E-state index is 12.9. The molecule has 2 N–H and O–H groups in total. The van der Waals surface area contributed by atoms with Crippen LogP contribution in [-0.2, 0) is 9.59 Å². The minimum atomic E-state index is -0.845. The van der Waals surface area contributed by atoms with Gasteiger partial charge >= 0.3 is 6.03 Å². The van der Waals surface area contributed by atoms with E-state index in [2.05, 4.69) is 19.2 Å². The number of amides is 4. The van der Waals surface area contributed by atoms with Crippen molar-refractivity contribution < 1.29 is 19.5 Å². The quantitative estimate of drug-likeness (QED) is 0.743. The van der Waals surface area contributed by atoms with Gasteiger partial charge in [0.15, 0.2) is 0 Å². The first kappa shape index (κ1) is 20.8. The topological polar surface area (TPSA) is 90.0 Å². The van der Waals surface area contributed by atoms with Gasteiger partial charge in [0.2, 0.25) is 5.91 Å². The summed E-state index contributed by atoms with van der Waals surface area (Å²) in [5.74, 6) is -0.0669. The Morgan fingerprint density at radius 3 is 2.63 bits per heavy atom. The summed E-state index contributed by atoms with van der Waals surface area (Å²) >= 11 is 0. The molecule has 7 heteroatoms. The van der Waals surface area contributed by atoms with Gasteiger partial charge in [0.1, 0.15) is 6.04 Å². The van der Waals surface area contributed by atoms with Gasteiger partial charge in [-0.05, 0) is 42.9 Å². The number of aliphatic hydroxyl groups is 1. The van der Waals surface area contributed by atoms with E-state index in [-0.39, 0.29) is 18.2 Å². The second kappa shape index (κ2) is 8.02. The molecule has 162 valence electrons. The number of hydrogen-bond acceptors (Lipinski definition) is 4. The van der Waals surface area contributed by atoms with E-state index >= 15 is 0 Å². The standard InChI is InChI=1S/C23H31N3O4/c1-15(2)16-6-8-18(9-7-16)26-21(28)19(24-22(26)29)13-20(27)25-12-11-23(30)10-4-3-5-17(23)14-25/h6-9,15,17,19,30H,3-5,10-14H2,1-2H3,(H,24,29)/t17-,19-,23+/m1/s1. The lowest BCUT2D eigenvalue weighted by molar-refractivity contribution is -0.144. The van der Waals surface area contributed by atoms with Crippen LogP contribution in [0.25, 0.3) is 0 Å². The van der Waals surface area contributed by atoms with E-state index in [1.54, 1.807) is 17.0 Å². The van der Waals surface area contributed by atoms with E-state index in [0.717, 1.165) is 36.1 Å². The van der Waals surface area contributed by atoms with E-state index < -0.39 is 23.6 Å². The first-order valence-electron chi connectivity index (χ1n) is 11.0. The monoisotopic (exact) mass is 413 g/mol. The largest absolute Gasteiger partial charge is 0.389 e. The second-order valence-electron chi connectivity index (χ2n) is 9.26. The molecule has 1 aliphatic carbocycles. The molecule has 2 saturated heterocycles. The lowest BCUT2D eigenvalue weighted by Crippen LogP contribution is -2.55. The van der Waals surface area contributed by atoms with E-state index in [1.165, 1.54) is 0 Å². The fraction of sp³-hybridized carbons (Fsp3) is 0.609. The SMILES string of the molecule is CC(C)c1ccc(N2C(=O)N[C@H](CC(=O)N3CC[C@@]4(O)CCCC[C@@H]4C3)C2=O)cc1. The summed E-state index contributed by atoms with van der Waals surface area (Å²) in [6.45, 7) is 5.20. The molecule has 1 aromatic rings. The molecule has 0 radical (unpaired) electrons. The number of rotatable bonds is 4. The Kier molecular flexibility index (Phi) is 5.57. The van der Waals surface area contributed by atoms with Crippen molar-refractivity contribution in [2.75, 3.05) is 18.0 Å². The van der Waals surface area contributed by atoms with Gasteiger partial charge < -0.3 is 15.3 Å². The van der Waals surface area contributed by atoms with Crippen LogP contribution in [0, 0.1) is 5.92 Å². The van der Waals surface area contributed by atoms with Crippen LogP contribution in [0.1, 0.15) is 63.9 Å². The highest BCUT2D eigenvalue weighted by Gasteiger charge is 2.45. The van der Waals surface area contributed by atoms with Gasteiger partial charge in [-0.2, -0.15) is 0 Å². The number of nitrogens with one attached hydrogen (secondary N) is 1. The third-order valence-corrected chi connectivity index (χ3v) is 7.00. The minimum absolute atomic E-state index is 0.0453. The molecule has 0 aromatic heterocycles. The number of urea groups is 1. The number of benzene rings is 1. The van der Waals surface area contributed by atoms with Crippen LogP contribution in [0.4, 0.5) is 10.5 Å². The molecule has 2 heterocycles. The summed E-state index contributed by atoms with van der Waals surface area (Å²) in [6.07, 6.45) is 4.40. The van der Waals surface area contributed by atoms with Crippen molar-refractivity contribution >= 4 is 23.5 Å². The van der Waals surface area contributed by atoms with Crippen LogP contribution < -0.4 is 10.2 Å². The van der Waals surface area contributed by atoms with Crippen LogP contribution in [0.5, 0.6) is 0 Å². The first-order chi connectivity index (χ1) is 14.3. The molecular weight excluding hydrogens is 382 g/mol. The van der Waals surface area contributed by atoms with E-state index in [4.69, 9.17) is 0 Å². The van der Waals surface area contributed by atoms with E-state index in [1.807, 2.05) is 12.1 Å². The number of piperidine rings is 1. The van der Waals surface area contributed by atoms with Crippen molar-refractivity contribution in [1.29, 1.82) is 0 Å². The summed E-state index contributed by atoms with van der Waals surface area (Å²) in [4.78, 5) is 41.0. The number of anilines is 1. The molecule has 3 fully saturated rings. The Morgan fingerprint density at radius 1 is 1.20 bits per heavy atom. The van der Waals surface area contributed by atoms with Gasteiger partial charge in [-0.1, -0.05) is 38.8 Å². The summed E-state index contributed by atoms with van der Waals surface area (Å²) in [5.41, 5.74) is 0.998. The van der Waals surface area contributed by atoms with Crippen molar-refractivity contribution in [2.45, 2.75) is 69.9 Å². The highest BCUT2D eigenvalue weighted by atomic mass is 16.3. The van der Waals surface area contributed by atoms with Gasteiger partial charge in [-0.25, -0.2) is 9.69 Å². The van der Waals surface area contributed by atoms with Gasteiger partial charge in [0.05, 0.1) is 17.7 Å². The lowest BCUT2D eigenvalue weighted by atomic mass is 9.71. The number of nitrogens with zero attached hydrogens (tertiary/aromatic N) is 2.